The summed E-state index contributed by atoms with van der Waals surface area (Å²) in [7, 11) is 0. The van der Waals surface area contributed by atoms with E-state index in [4.69, 9.17) is 17.3 Å². The Morgan fingerprint density at radius 1 is 1.36 bits per heavy atom. The zero-order valence-electron chi connectivity index (χ0n) is 7.79. The number of carbonyl (C=O) groups is 1. The number of hydrogen-bond acceptors (Lipinski definition) is 2. The van der Waals surface area contributed by atoms with Crippen LogP contribution in [-0.2, 0) is 0 Å². The highest BCUT2D eigenvalue weighted by molar-refractivity contribution is 6.17. The average molecular weight is 213 g/mol. The molecule has 1 aromatic rings. The van der Waals surface area contributed by atoms with E-state index in [0.717, 1.165) is 18.7 Å². The molecule has 0 spiro atoms. The van der Waals surface area contributed by atoms with Crippen LogP contribution in [0.25, 0.3) is 0 Å². The monoisotopic (exact) mass is 212 g/mol. The summed E-state index contributed by atoms with van der Waals surface area (Å²) in [5.41, 5.74) is 6.60. The third-order valence-corrected chi connectivity index (χ3v) is 2.08. The highest BCUT2D eigenvalue weighted by atomic mass is 35.5. The smallest absolute Gasteiger partial charge is 0.248 e. The number of rotatable bonds is 5. The van der Waals surface area contributed by atoms with Crippen molar-refractivity contribution in [1.82, 2.24) is 0 Å². The van der Waals surface area contributed by atoms with E-state index in [2.05, 4.69) is 5.32 Å². The van der Waals surface area contributed by atoms with E-state index in [1.54, 1.807) is 12.1 Å². The number of carbonyl (C=O) groups excluding carboxylic acids is 1. The fourth-order valence-corrected chi connectivity index (χ4v) is 1.19. The molecule has 0 aliphatic carbocycles. The van der Waals surface area contributed by atoms with Crippen molar-refractivity contribution in [3.05, 3.63) is 29.8 Å². The minimum Gasteiger partial charge on any atom is -0.385 e. The highest BCUT2D eigenvalue weighted by Crippen LogP contribution is 2.08. The van der Waals surface area contributed by atoms with E-state index >= 15 is 0 Å². The predicted octanol–water partition coefficient (Wildman–Crippen LogP) is 1.83. The molecule has 3 nitrogen and oxygen atoms in total. The molecule has 0 fully saturated rings. The number of nitrogens with one attached hydrogen (secondary N) is 1. The standard InChI is InChI=1S/C10H13ClN2O/c11-6-1-7-13-9-4-2-8(3-5-9)10(12)14/h2-5,13H,1,6-7H2,(H2,12,14). The SMILES string of the molecule is NC(=O)c1ccc(NCCCCl)cc1. The molecule has 1 aromatic carbocycles. The minimum absolute atomic E-state index is 0.405. The Morgan fingerprint density at radius 2 is 2.00 bits per heavy atom. The number of nitrogens with two attached hydrogens (primary N) is 1. The lowest BCUT2D eigenvalue weighted by atomic mass is 10.2. The highest BCUT2D eigenvalue weighted by Gasteiger charge is 1.98. The third kappa shape index (κ3) is 3.26. The van der Waals surface area contributed by atoms with Gasteiger partial charge < -0.3 is 11.1 Å². The molecule has 1 amide bonds. The van der Waals surface area contributed by atoms with E-state index in [9.17, 15) is 4.79 Å². The van der Waals surface area contributed by atoms with Crippen LogP contribution in [0.15, 0.2) is 24.3 Å². The summed E-state index contributed by atoms with van der Waals surface area (Å²) >= 11 is 5.53. The number of halogens is 1. The summed E-state index contributed by atoms with van der Waals surface area (Å²) in [4.78, 5) is 10.8. The molecule has 0 saturated heterocycles. The predicted molar refractivity (Wildman–Crippen MR) is 58.8 cm³/mol. The first kappa shape index (κ1) is 10.9. The topological polar surface area (TPSA) is 55.1 Å². The molecule has 76 valence electrons. The first-order valence-electron chi connectivity index (χ1n) is 4.43. The number of alkyl halides is 1. The van der Waals surface area contributed by atoms with Crippen molar-refractivity contribution in [3.8, 4) is 0 Å². The van der Waals surface area contributed by atoms with Gasteiger partial charge in [0, 0.05) is 23.7 Å². The van der Waals surface area contributed by atoms with Crippen molar-refractivity contribution in [2.45, 2.75) is 6.42 Å². The normalized spacial score (nSPS) is 9.79. The van der Waals surface area contributed by atoms with E-state index in [0.29, 0.717) is 11.4 Å². The van der Waals surface area contributed by atoms with Gasteiger partial charge in [0.15, 0.2) is 0 Å². The first-order chi connectivity index (χ1) is 6.74. The molecule has 3 N–H and O–H groups in total. The maximum absolute atomic E-state index is 10.8. The lowest BCUT2D eigenvalue weighted by Crippen LogP contribution is -2.10. The second-order valence-electron chi connectivity index (χ2n) is 2.91. The summed E-state index contributed by atoms with van der Waals surface area (Å²) in [6.07, 6.45) is 0.916. The Labute approximate surface area is 88.2 Å². The number of anilines is 1. The molecule has 0 aromatic heterocycles. The Hall–Kier alpha value is -1.22. The molecule has 1 rings (SSSR count). The average Bonchev–Trinajstić information content (AvgIpc) is 2.19. The summed E-state index contributed by atoms with van der Waals surface area (Å²) in [6, 6.07) is 7.05. The van der Waals surface area contributed by atoms with E-state index in [1.165, 1.54) is 0 Å². The van der Waals surface area contributed by atoms with E-state index in [-0.39, 0.29) is 0 Å². The zero-order valence-corrected chi connectivity index (χ0v) is 8.55. The zero-order chi connectivity index (χ0) is 10.4. The maximum atomic E-state index is 10.8. The summed E-state index contributed by atoms with van der Waals surface area (Å²) < 4.78 is 0. The van der Waals surface area contributed by atoms with Gasteiger partial charge in [-0.1, -0.05) is 0 Å². The Kier molecular flexibility index (Phi) is 4.26. The molecule has 4 heteroatoms. The number of hydrogen-bond donors (Lipinski definition) is 2. The van der Waals surface area contributed by atoms with Crippen LogP contribution >= 0.6 is 11.6 Å². The van der Waals surface area contributed by atoms with Crippen molar-refractivity contribution >= 4 is 23.2 Å². The quantitative estimate of drug-likeness (QED) is 0.578. The molecular formula is C10H13ClN2O. The first-order valence-corrected chi connectivity index (χ1v) is 4.97. The van der Waals surface area contributed by atoms with Crippen molar-refractivity contribution in [2.24, 2.45) is 5.73 Å². The van der Waals surface area contributed by atoms with Gasteiger partial charge in [0.2, 0.25) is 5.91 Å². The summed E-state index contributed by atoms with van der Waals surface area (Å²) in [5, 5.41) is 3.18. The van der Waals surface area contributed by atoms with E-state index < -0.39 is 5.91 Å². The van der Waals surface area contributed by atoms with Crippen LogP contribution in [0.5, 0.6) is 0 Å². The van der Waals surface area contributed by atoms with Crippen molar-refractivity contribution in [3.63, 3.8) is 0 Å². The lowest BCUT2D eigenvalue weighted by molar-refractivity contribution is 0.100. The molecule has 0 heterocycles. The van der Waals surface area contributed by atoms with Gasteiger partial charge in [-0.25, -0.2) is 0 Å². The fourth-order valence-electron chi connectivity index (χ4n) is 1.05. The number of primary amides is 1. The van der Waals surface area contributed by atoms with Crippen molar-refractivity contribution in [2.75, 3.05) is 17.7 Å². The van der Waals surface area contributed by atoms with Gasteiger partial charge >= 0.3 is 0 Å². The molecule has 0 atom stereocenters. The molecule has 0 aliphatic rings. The Bertz CT molecular complexity index is 297. The van der Waals surface area contributed by atoms with Crippen molar-refractivity contribution in [1.29, 1.82) is 0 Å². The van der Waals surface area contributed by atoms with Crippen LogP contribution < -0.4 is 11.1 Å². The maximum Gasteiger partial charge on any atom is 0.248 e. The Balaban J connectivity index is 2.51. The van der Waals surface area contributed by atoms with Crippen LogP contribution in [0.2, 0.25) is 0 Å². The molecule has 14 heavy (non-hydrogen) atoms. The molecular weight excluding hydrogens is 200 g/mol. The summed E-state index contributed by atoms with van der Waals surface area (Å²) in [5.74, 6) is 0.240. The van der Waals surface area contributed by atoms with Gasteiger partial charge in [-0.15, -0.1) is 11.6 Å². The van der Waals surface area contributed by atoms with Crippen LogP contribution in [0.4, 0.5) is 5.69 Å². The second-order valence-corrected chi connectivity index (χ2v) is 3.29. The van der Waals surface area contributed by atoms with Crippen LogP contribution in [0, 0.1) is 0 Å². The molecule has 0 radical (unpaired) electrons. The second kappa shape index (κ2) is 5.50. The molecule has 0 bridgehead atoms. The van der Waals surface area contributed by atoms with Gasteiger partial charge in [-0.2, -0.15) is 0 Å². The van der Waals surface area contributed by atoms with Gasteiger partial charge in [0.25, 0.3) is 0 Å². The van der Waals surface area contributed by atoms with Crippen molar-refractivity contribution < 1.29 is 4.79 Å². The molecule has 0 unspecified atom stereocenters. The van der Waals surface area contributed by atoms with Crippen LogP contribution in [0.3, 0.4) is 0 Å². The third-order valence-electron chi connectivity index (χ3n) is 1.81. The molecule has 0 aliphatic heterocycles. The van der Waals surface area contributed by atoms with Crippen LogP contribution in [-0.4, -0.2) is 18.3 Å². The summed E-state index contributed by atoms with van der Waals surface area (Å²) in [6.45, 7) is 0.833. The molecule has 0 saturated carbocycles. The van der Waals surface area contributed by atoms with Crippen LogP contribution in [0.1, 0.15) is 16.8 Å². The largest absolute Gasteiger partial charge is 0.385 e. The lowest BCUT2D eigenvalue weighted by Gasteiger charge is -2.04. The fraction of sp³-hybridized carbons (Fsp3) is 0.300. The number of benzene rings is 1. The van der Waals surface area contributed by atoms with Gasteiger partial charge in [0.05, 0.1) is 0 Å². The van der Waals surface area contributed by atoms with Gasteiger partial charge in [0.1, 0.15) is 0 Å². The van der Waals surface area contributed by atoms with E-state index in [1.807, 2.05) is 12.1 Å². The Morgan fingerprint density at radius 3 is 2.50 bits per heavy atom. The number of amides is 1. The van der Waals surface area contributed by atoms with Gasteiger partial charge in [-0.3, -0.25) is 4.79 Å². The minimum atomic E-state index is -0.405. The van der Waals surface area contributed by atoms with Gasteiger partial charge in [-0.05, 0) is 30.7 Å².